The molecule has 2 unspecified atom stereocenters. The largest absolute Gasteiger partial charge is 0.493 e. The van der Waals surface area contributed by atoms with Gasteiger partial charge in [-0.15, -0.1) is 0 Å². The molecule has 3 aromatic carbocycles. The van der Waals surface area contributed by atoms with Gasteiger partial charge in [0.2, 0.25) is 0 Å². The average molecular weight is 458 g/mol. The summed E-state index contributed by atoms with van der Waals surface area (Å²) in [6, 6.07) is 23.7. The van der Waals surface area contributed by atoms with Gasteiger partial charge in [-0.1, -0.05) is 30.3 Å². The Balaban J connectivity index is 1.32. The van der Waals surface area contributed by atoms with Gasteiger partial charge in [-0.2, -0.15) is 0 Å². The van der Waals surface area contributed by atoms with Crippen molar-refractivity contribution in [2.24, 2.45) is 0 Å². The van der Waals surface area contributed by atoms with Crippen LogP contribution in [0.25, 0.3) is 10.9 Å². The van der Waals surface area contributed by atoms with Crippen molar-refractivity contribution in [3.63, 3.8) is 0 Å². The first kappa shape index (κ1) is 22.0. The van der Waals surface area contributed by atoms with Gasteiger partial charge in [0.15, 0.2) is 17.9 Å². The maximum absolute atomic E-state index is 10.6. The molecule has 34 heavy (non-hydrogen) atoms. The molecule has 0 bridgehead atoms. The summed E-state index contributed by atoms with van der Waals surface area (Å²) in [6.07, 6.45) is 1.84. The highest BCUT2D eigenvalue weighted by Gasteiger charge is 2.30. The molecule has 4 aromatic rings. The minimum Gasteiger partial charge on any atom is -0.493 e. The first-order valence-electron chi connectivity index (χ1n) is 11.2. The Morgan fingerprint density at radius 2 is 1.68 bits per heavy atom. The summed E-state index contributed by atoms with van der Waals surface area (Å²) in [5, 5.41) is 14.7. The lowest BCUT2D eigenvalue weighted by Crippen LogP contribution is -2.36. The maximum atomic E-state index is 10.6. The van der Waals surface area contributed by atoms with Crippen LogP contribution in [0, 0.1) is 0 Å². The van der Waals surface area contributed by atoms with Gasteiger partial charge in [0.05, 0.1) is 19.7 Å². The molecule has 0 spiro atoms. The van der Waals surface area contributed by atoms with Crippen LogP contribution in [0.5, 0.6) is 23.0 Å². The zero-order chi connectivity index (χ0) is 23.5. The van der Waals surface area contributed by atoms with Crippen LogP contribution in [0.4, 0.5) is 5.69 Å². The number of methoxy groups -OCH3 is 2. The molecular formula is C27H27N3O4. The lowest BCUT2D eigenvalue weighted by molar-refractivity contribution is 0.156. The van der Waals surface area contributed by atoms with Crippen LogP contribution in [0.1, 0.15) is 5.56 Å². The summed E-state index contributed by atoms with van der Waals surface area (Å²) in [5.74, 6) is 2.59. The third-order valence-electron chi connectivity index (χ3n) is 6.03. The van der Waals surface area contributed by atoms with Crippen LogP contribution in [0.2, 0.25) is 0 Å². The number of hydrogen-bond acceptors (Lipinski definition) is 7. The van der Waals surface area contributed by atoms with Gasteiger partial charge in [0.25, 0.3) is 0 Å². The van der Waals surface area contributed by atoms with Gasteiger partial charge in [-0.25, -0.2) is 0 Å². The molecule has 1 fully saturated rings. The van der Waals surface area contributed by atoms with E-state index in [-0.39, 0.29) is 6.04 Å². The highest BCUT2D eigenvalue weighted by atomic mass is 16.5. The molecule has 0 radical (unpaired) electrons. The fourth-order valence-corrected chi connectivity index (χ4v) is 4.33. The topological polar surface area (TPSA) is 76.1 Å². The standard InChI is InChI=1S/C27H27N3O4/c1-32-25-15-22-23(16-26(25)33-2)28-13-12-24(22)34-21-10-8-20(9-11-21)30-17-19(29-27(30)31)14-18-6-4-3-5-7-18/h3-13,15-16,19,27,29,31H,14,17H2,1-2H3. The van der Waals surface area contributed by atoms with Crippen molar-refractivity contribution in [1.82, 2.24) is 10.3 Å². The molecule has 7 nitrogen and oxygen atoms in total. The predicted octanol–water partition coefficient (Wildman–Crippen LogP) is 4.34. The fourth-order valence-electron chi connectivity index (χ4n) is 4.33. The molecule has 1 aliphatic heterocycles. The van der Waals surface area contributed by atoms with E-state index >= 15 is 0 Å². The Bertz CT molecular complexity index is 1260. The first-order chi connectivity index (χ1) is 16.6. The second-order valence-electron chi connectivity index (χ2n) is 8.21. The number of pyridine rings is 1. The number of aliphatic hydroxyl groups is 1. The number of nitrogens with zero attached hydrogens (tertiary/aromatic N) is 2. The normalized spacial score (nSPS) is 17.7. The Morgan fingerprint density at radius 1 is 0.941 bits per heavy atom. The first-order valence-corrected chi connectivity index (χ1v) is 11.2. The molecule has 174 valence electrons. The molecule has 1 saturated heterocycles. The van der Waals surface area contributed by atoms with E-state index in [1.807, 2.05) is 65.6 Å². The summed E-state index contributed by atoms with van der Waals surface area (Å²) < 4.78 is 17.0. The summed E-state index contributed by atoms with van der Waals surface area (Å²) in [5.41, 5.74) is 2.92. The number of anilines is 1. The van der Waals surface area contributed by atoms with E-state index in [1.54, 1.807) is 20.4 Å². The van der Waals surface area contributed by atoms with E-state index in [1.165, 1.54) is 5.56 Å². The summed E-state index contributed by atoms with van der Waals surface area (Å²) >= 11 is 0. The SMILES string of the molecule is COc1cc2nccc(Oc3ccc(N4CC(Cc5ccccc5)NC4O)cc3)c2cc1OC. The Labute approximate surface area is 198 Å². The zero-order valence-electron chi connectivity index (χ0n) is 19.1. The summed E-state index contributed by atoms with van der Waals surface area (Å²) in [6.45, 7) is 0.715. The number of aromatic nitrogens is 1. The van der Waals surface area contributed by atoms with Crippen molar-refractivity contribution >= 4 is 16.6 Å². The van der Waals surface area contributed by atoms with E-state index in [4.69, 9.17) is 14.2 Å². The van der Waals surface area contributed by atoms with E-state index in [9.17, 15) is 5.11 Å². The molecule has 7 heteroatoms. The number of nitrogens with one attached hydrogen (secondary N) is 1. The van der Waals surface area contributed by atoms with E-state index in [0.717, 1.165) is 23.0 Å². The Kier molecular flexibility index (Phi) is 6.20. The Hall–Kier alpha value is -3.81. The van der Waals surface area contributed by atoms with Gasteiger partial charge in [0, 0.05) is 35.9 Å². The smallest absolute Gasteiger partial charge is 0.184 e. The third-order valence-corrected chi connectivity index (χ3v) is 6.03. The van der Waals surface area contributed by atoms with Gasteiger partial charge in [-0.3, -0.25) is 10.3 Å². The second kappa shape index (κ2) is 9.59. The van der Waals surface area contributed by atoms with Crippen LogP contribution in [0.15, 0.2) is 79.0 Å². The number of hydrogen-bond donors (Lipinski definition) is 2. The minimum atomic E-state index is -0.730. The summed E-state index contributed by atoms with van der Waals surface area (Å²) in [4.78, 5) is 6.38. The maximum Gasteiger partial charge on any atom is 0.184 e. The highest BCUT2D eigenvalue weighted by Crippen LogP contribution is 2.37. The monoisotopic (exact) mass is 457 g/mol. The van der Waals surface area contributed by atoms with Crippen LogP contribution in [-0.2, 0) is 6.42 Å². The van der Waals surface area contributed by atoms with Crippen molar-refractivity contribution in [2.75, 3.05) is 25.7 Å². The van der Waals surface area contributed by atoms with Crippen molar-refractivity contribution in [2.45, 2.75) is 18.8 Å². The quantitative estimate of drug-likeness (QED) is 0.428. The van der Waals surface area contributed by atoms with Crippen molar-refractivity contribution < 1.29 is 19.3 Å². The van der Waals surface area contributed by atoms with E-state index < -0.39 is 6.35 Å². The molecule has 0 aliphatic carbocycles. The molecule has 2 N–H and O–H groups in total. The molecule has 2 atom stereocenters. The third kappa shape index (κ3) is 4.48. The average Bonchev–Trinajstić information content (AvgIpc) is 3.24. The van der Waals surface area contributed by atoms with E-state index in [0.29, 0.717) is 29.5 Å². The van der Waals surface area contributed by atoms with Crippen LogP contribution in [-0.4, -0.2) is 43.2 Å². The number of benzene rings is 3. The second-order valence-corrected chi connectivity index (χ2v) is 8.21. The van der Waals surface area contributed by atoms with E-state index in [2.05, 4.69) is 22.4 Å². The predicted molar refractivity (Wildman–Crippen MR) is 132 cm³/mol. The molecule has 1 aliphatic rings. The molecule has 1 aromatic heterocycles. The lowest BCUT2D eigenvalue weighted by Gasteiger charge is -2.22. The van der Waals surface area contributed by atoms with Crippen LogP contribution < -0.4 is 24.4 Å². The van der Waals surface area contributed by atoms with Crippen molar-refractivity contribution in [3.05, 3.63) is 84.6 Å². The van der Waals surface area contributed by atoms with Crippen molar-refractivity contribution in [1.29, 1.82) is 0 Å². The Morgan fingerprint density at radius 3 is 2.41 bits per heavy atom. The minimum absolute atomic E-state index is 0.170. The van der Waals surface area contributed by atoms with Crippen molar-refractivity contribution in [3.8, 4) is 23.0 Å². The lowest BCUT2D eigenvalue weighted by atomic mass is 10.1. The number of fused-ring (bicyclic) bond motifs is 1. The van der Waals surface area contributed by atoms with Gasteiger partial charge in [-0.05, 0) is 48.4 Å². The summed E-state index contributed by atoms with van der Waals surface area (Å²) in [7, 11) is 3.20. The van der Waals surface area contributed by atoms with Crippen LogP contribution >= 0.6 is 0 Å². The molecule has 0 amide bonds. The zero-order valence-corrected chi connectivity index (χ0v) is 19.1. The number of aliphatic hydroxyl groups excluding tert-OH is 1. The molecule has 5 rings (SSSR count). The van der Waals surface area contributed by atoms with Gasteiger partial charge >= 0.3 is 0 Å². The number of ether oxygens (including phenoxy) is 3. The van der Waals surface area contributed by atoms with Gasteiger partial charge < -0.3 is 24.2 Å². The molecular weight excluding hydrogens is 430 g/mol. The highest BCUT2D eigenvalue weighted by molar-refractivity contribution is 5.88. The number of rotatable bonds is 7. The molecule has 2 heterocycles. The fraction of sp³-hybridized carbons (Fsp3) is 0.222. The van der Waals surface area contributed by atoms with Crippen LogP contribution in [0.3, 0.4) is 0 Å². The van der Waals surface area contributed by atoms with Gasteiger partial charge in [0.1, 0.15) is 11.5 Å². The molecule has 0 saturated carbocycles.